The Morgan fingerprint density at radius 1 is 1.33 bits per heavy atom. The molecule has 2 aromatic rings. The maximum atomic E-state index is 12.2. The Kier molecular flexibility index (Phi) is 5.31. The monoisotopic (exact) mass is 287 g/mol. The van der Waals surface area contributed by atoms with Crippen molar-refractivity contribution in [2.45, 2.75) is 32.7 Å². The Morgan fingerprint density at radius 3 is 2.76 bits per heavy atom. The number of pyridine rings is 1. The Morgan fingerprint density at radius 2 is 2.19 bits per heavy atom. The third-order valence-corrected chi connectivity index (χ3v) is 3.14. The molecule has 0 aliphatic rings. The second-order valence-electron chi connectivity index (χ2n) is 4.77. The summed E-state index contributed by atoms with van der Waals surface area (Å²) >= 11 is 0. The summed E-state index contributed by atoms with van der Waals surface area (Å²) < 4.78 is 0. The number of aromatic amines is 1. The van der Waals surface area contributed by atoms with Crippen molar-refractivity contribution in [2.24, 2.45) is 0 Å². The first-order valence-corrected chi connectivity index (χ1v) is 7.24. The van der Waals surface area contributed by atoms with Gasteiger partial charge in [0, 0.05) is 25.1 Å². The third kappa shape index (κ3) is 4.05. The van der Waals surface area contributed by atoms with Crippen molar-refractivity contribution in [3.63, 3.8) is 0 Å². The molecule has 0 aromatic carbocycles. The number of carbonyl (C=O) groups is 1. The minimum Gasteiger partial charge on any atom is -0.370 e. The zero-order chi connectivity index (χ0) is 15.1. The number of amides is 1. The van der Waals surface area contributed by atoms with E-state index in [0.717, 1.165) is 31.0 Å². The fraction of sp³-hybridized carbons (Fsp3) is 0.400. The number of carbonyl (C=O) groups excluding carboxylic acids is 1. The molecule has 0 saturated heterocycles. The summed E-state index contributed by atoms with van der Waals surface area (Å²) in [5.74, 6) is 1.40. The van der Waals surface area contributed by atoms with E-state index in [2.05, 4.69) is 32.5 Å². The quantitative estimate of drug-likeness (QED) is 0.730. The number of hydrogen-bond acceptors (Lipinski definition) is 4. The maximum absolute atomic E-state index is 12.2. The predicted octanol–water partition coefficient (Wildman–Crippen LogP) is 2.51. The van der Waals surface area contributed by atoms with E-state index in [1.165, 1.54) is 0 Å². The molecule has 1 amide bonds. The van der Waals surface area contributed by atoms with Gasteiger partial charge in [0.25, 0.3) is 5.91 Å². The standard InChI is InChI=1S/C15H21N5O/c1-3-7-16-13-6-5-11(10-19-13)15(21)20-12(4-2)14-17-8-9-18-14/h5-6,8-10,12H,3-4,7H2,1-2H3,(H,16,19)(H,17,18)(H,20,21). The lowest BCUT2D eigenvalue weighted by Gasteiger charge is -2.14. The van der Waals surface area contributed by atoms with Crippen molar-refractivity contribution in [3.05, 3.63) is 42.1 Å². The first-order chi connectivity index (χ1) is 10.2. The van der Waals surface area contributed by atoms with Crippen molar-refractivity contribution >= 4 is 11.7 Å². The van der Waals surface area contributed by atoms with E-state index in [0.29, 0.717) is 5.56 Å². The summed E-state index contributed by atoms with van der Waals surface area (Å²) in [7, 11) is 0. The van der Waals surface area contributed by atoms with Gasteiger partial charge in [-0.2, -0.15) is 0 Å². The first-order valence-electron chi connectivity index (χ1n) is 7.24. The molecule has 21 heavy (non-hydrogen) atoms. The molecule has 1 unspecified atom stereocenters. The lowest BCUT2D eigenvalue weighted by atomic mass is 10.2. The smallest absolute Gasteiger partial charge is 0.253 e. The van der Waals surface area contributed by atoms with Gasteiger partial charge in [0.05, 0.1) is 11.6 Å². The molecular formula is C15H21N5O. The molecule has 2 heterocycles. The topological polar surface area (TPSA) is 82.7 Å². The highest BCUT2D eigenvalue weighted by Crippen LogP contribution is 2.13. The van der Waals surface area contributed by atoms with Crippen molar-refractivity contribution in [3.8, 4) is 0 Å². The summed E-state index contributed by atoms with van der Waals surface area (Å²) in [6.07, 6.45) is 6.82. The SMILES string of the molecule is CCCNc1ccc(C(=O)NC(CC)c2ncc[nH]2)cn1. The molecule has 2 rings (SSSR count). The molecule has 3 N–H and O–H groups in total. The summed E-state index contributed by atoms with van der Waals surface area (Å²) in [5, 5.41) is 6.13. The van der Waals surface area contributed by atoms with Crippen molar-refractivity contribution in [2.75, 3.05) is 11.9 Å². The van der Waals surface area contributed by atoms with Gasteiger partial charge in [0.15, 0.2) is 0 Å². The molecule has 6 nitrogen and oxygen atoms in total. The Balaban J connectivity index is 1.99. The Bertz CT molecular complexity index is 550. The lowest BCUT2D eigenvalue weighted by molar-refractivity contribution is 0.0933. The highest BCUT2D eigenvalue weighted by molar-refractivity contribution is 5.94. The largest absolute Gasteiger partial charge is 0.370 e. The van der Waals surface area contributed by atoms with Crippen molar-refractivity contribution in [1.82, 2.24) is 20.3 Å². The van der Waals surface area contributed by atoms with Crippen molar-refractivity contribution in [1.29, 1.82) is 0 Å². The zero-order valence-electron chi connectivity index (χ0n) is 12.4. The third-order valence-electron chi connectivity index (χ3n) is 3.14. The molecule has 2 aromatic heterocycles. The molecule has 112 valence electrons. The number of rotatable bonds is 7. The fourth-order valence-corrected chi connectivity index (χ4v) is 1.96. The molecule has 0 aliphatic carbocycles. The van der Waals surface area contributed by atoms with Crippen LogP contribution < -0.4 is 10.6 Å². The van der Waals surface area contributed by atoms with Crippen LogP contribution in [0.1, 0.15) is 48.9 Å². The van der Waals surface area contributed by atoms with Gasteiger partial charge < -0.3 is 15.6 Å². The van der Waals surface area contributed by atoms with Crippen LogP contribution in [0, 0.1) is 0 Å². The Hall–Kier alpha value is -2.37. The average molecular weight is 287 g/mol. The van der Waals surface area contributed by atoms with E-state index in [1.807, 2.05) is 13.0 Å². The van der Waals surface area contributed by atoms with Crippen LogP contribution in [0.3, 0.4) is 0 Å². The highest BCUT2D eigenvalue weighted by atomic mass is 16.1. The van der Waals surface area contributed by atoms with Gasteiger partial charge in [-0.1, -0.05) is 13.8 Å². The normalized spacial score (nSPS) is 11.9. The molecule has 0 bridgehead atoms. The van der Waals surface area contributed by atoms with Crippen LogP contribution in [0.5, 0.6) is 0 Å². The maximum Gasteiger partial charge on any atom is 0.253 e. The van der Waals surface area contributed by atoms with E-state index in [-0.39, 0.29) is 11.9 Å². The second-order valence-corrected chi connectivity index (χ2v) is 4.77. The van der Waals surface area contributed by atoms with Gasteiger partial charge >= 0.3 is 0 Å². The number of anilines is 1. The van der Waals surface area contributed by atoms with E-state index >= 15 is 0 Å². The van der Waals surface area contributed by atoms with E-state index in [1.54, 1.807) is 24.7 Å². The van der Waals surface area contributed by atoms with Crippen LogP contribution in [0.4, 0.5) is 5.82 Å². The summed E-state index contributed by atoms with van der Waals surface area (Å²) in [6, 6.07) is 3.47. The molecule has 1 atom stereocenters. The number of hydrogen-bond donors (Lipinski definition) is 3. The number of H-pyrrole nitrogens is 1. The summed E-state index contributed by atoms with van der Waals surface area (Å²) in [5.41, 5.74) is 0.544. The molecular weight excluding hydrogens is 266 g/mol. The highest BCUT2D eigenvalue weighted by Gasteiger charge is 2.16. The minimum absolute atomic E-state index is 0.120. The van der Waals surface area contributed by atoms with Gasteiger partial charge in [0.1, 0.15) is 11.6 Å². The number of nitrogens with one attached hydrogen (secondary N) is 3. The molecule has 0 radical (unpaired) electrons. The van der Waals surface area contributed by atoms with Crippen LogP contribution in [0.15, 0.2) is 30.7 Å². The van der Waals surface area contributed by atoms with Gasteiger partial charge in [-0.3, -0.25) is 4.79 Å². The number of imidazole rings is 1. The van der Waals surface area contributed by atoms with Crippen molar-refractivity contribution < 1.29 is 4.79 Å². The van der Waals surface area contributed by atoms with E-state index in [9.17, 15) is 4.79 Å². The number of aromatic nitrogens is 3. The van der Waals surface area contributed by atoms with Gasteiger partial charge in [0.2, 0.25) is 0 Å². The molecule has 0 spiro atoms. The fourth-order valence-electron chi connectivity index (χ4n) is 1.96. The molecule has 6 heteroatoms. The van der Waals surface area contributed by atoms with E-state index in [4.69, 9.17) is 0 Å². The lowest BCUT2D eigenvalue weighted by Crippen LogP contribution is -2.29. The van der Waals surface area contributed by atoms with Gasteiger partial charge in [-0.15, -0.1) is 0 Å². The van der Waals surface area contributed by atoms with Crippen LogP contribution in [0.25, 0.3) is 0 Å². The Labute approximate surface area is 124 Å². The van der Waals surface area contributed by atoms with Gasteiger partial charge in [-0.25, -0.2) is 9.97 Å². The van der Waals surface area contributed by atoms with Crippen LogP contribution in [-0.4, -0.2) is 27.4 Å². The zero-order valence-corrected chi connectivity index (χ0v) is 12.4. The van der Waals surface area contributed by atoms with Gasteiger partial charge in [-0.05, 0) is 25.0 Å². The second kappa shape index (κ2) is 7.42. The van der Waals surface area contributed by atoms with Crippen LogP contribution in [0.2, 0.25) is 0 Å². The summed E-state index contributed by atoms with van der Waals surface area (Å²) in [4.78, 5) is 23.7. The minimum atomic E-state index is -0.146. The summed E-state index contributed by atoms with van der Waals surface area (Å²) in [6.45, 7) is 4.97. The van der Waals surface area contributed by atoms with Crippen LogP contribution >= 0.6 is 0 Å². The van der Waals surface area contributed by atoms with Crippen LogP contribution in [-0.2, 0) is 0 Å². The molecule has 0 aliphatic heterocycles. The van der Waals surface area contributed by atoms with E-state index < -0.39 is 0 Å². The first kappa shape index (κ1) is 15.0. The average Bonchev–Trinajstić information content (AvgIpc) is 3.05. The molecule has 0 fully saturated rings. The predicted molar refractivity (Wildman–Crippen MR) is 82.1 cm³/mol. The number of nitrogens with zero attached hydrogens (tertiary/aromatic N) is 2. The molecule has 0 saturated carbocycles.